The van der Waals surface area contributed by atoms with Gasteiger partial charge in [-0.05, 0) is 73.9 Å². The van der Waals surface area contributed by atoms with E-state index in [-0.39, 0.29) is 5.91 Å². The number of benzene rings is 2. The number of carbonyl (C=O) groups excluding carboxylic acids is 1. The molecule has 0 aliphatic carbocycles. The molecule has 1 N–H and O–H groups in total. The van der Waals surface area contributed by atoms with Crippen LogP contribution in [0, 0.1) is 0 Å². The molecule has 0 spiro atoms. The van der Waals surface area contributed by atoms with Crippen molar-refractivity contribution < 1.29 is 9.53 Å². The van der Waals surface area contributed by atoms with Gasteiger partial charge >= 0.3 is 0 Å². The van der Waals surface area contributed by atoms with Gasteiger partial charge in [0, 0.05) is 24.3 Å². The number of hydrazone groups is 1. The van der Waals surface area contributed by atoms with E-state index in [0.717, 1.165) is 24.4 Å². The van der Waals surface area contributed by atoms with Crippen molar-refractivity contribution in [3.05, 3.63) is 59.7 Å². The summed E-state index contributed by atoms with van der Waals surface area (Å²) in [6.45, 7) is 4.78. The van der Waals surface area contributed by atoms with Crippen LogP contribution in [-0.2, 0) is 0 Å². The van der Waals surface area contributed by atoms with Crippen molar-refractivity contribution in [2.45, 2.75) is 19.8 Å². The number of nitrogens with one attached hydrogen (secondary N) is 1. The van der Waals surface area contributed by atoms with E-state index >= 15 is 0 Å². The third-order valence-electron chi connectivity index (χ3n) is 4.17. The number of hydrogen-bond donors (Lipinski definition) is 1. The van der Waals surface area contributed by atoms with Crippen molar-refractivity contribution >= 4 is 17.8 Å². The van der Waals surface area contributed by atoms with E-state index in [1.165, 1.54) is 18.5 Å². The lowest BCUT2D eigenvalue weighted by molar-refractivity contribution is 0.0955. The van der Waals surface area contributed by atoms with Crippen molar-refractivity contribution in [1.29, 1.82) is 0 Å². The summed E-state index contributed by atoms with van der Waals surface area (Å²) in [7, 11) is 0. The lowest BCUT2D eigenvalue weighted by atomic mass is 10.2. The molecule has 1 amide bonds. The molecule has 0 unspecified atom stereocenters. The van der Waals surface area contributed by atoms with Gasteiger partial charge in [0.05, 0.1) is 12.8 Å². The maximum absolute atomic E-state index is 12.1. The van der Waals surface area contributed by atoms with Crippen LogP contribution < -0.4 is 15.1 Å². The number of amides is 1. The van der Waals surface area contributed by atoms with Gasteiger partial charge < -0.3 is 9.64 Å². The Hall–Kier alpha value is -2.82. The van der Waals surface area contributed by atoms with Crippen LogP contribution in [0.5, 0.6) is 5.75 Å². The molecule has 1 aliphatic rings. The van der Waals surface area contributed by atoms with Crippen molar-refractivity contribution in [3.8, 4) is 5.75 Å². The highest BCUT2D eigenvalue weighted by atomic mass is 16.5. The van der Waals surface area contributed by atoms with E-state index in [1.807, 2.05) is 55.5 Å². The number of carbonyl (C=O) groups is 1. The molecule has 130 valence electrons. The molecule has 0 radical (unpaired) electrons. The molecule has 5 heteroatoms. The topological polar surface area (TPSA) is 53.9 Å². The first kappa shape index (κ1) is 17.0. The van der Waals surface area contributed by atoms with Crippen LogP contribution in [-0.4, -0.2) is 31.8 Å². The van der Waals surface area contributed by atoms with Gasteiger partial charge in [0.1, 0.15) is 5.75 Å². The minimum Gasteiger partial charge on any atom is -0.494 e. The Balaban J connectivity index is 1.54. The van der Waals surface area contributed by atoms with Gasteiger partial charge in [-0.3, -0.25) is 4.79 Å². The Morgan fingerprint density at radius 1 is 1.12 bits per heavy atom. The van der Waals surface area contributed by atoms with Gasteiger partial charge in [-0.15, -0.1) is 0 Å². The maximum atomic E-state index is 12.1. The normalized spacial score (nSPS) is 14.0. The van der Waals surface area contributed by atoms with Crippen LogP contribution in [0.3, 0.4) is 0 Å². The fourth-order valence-corrected chi connectivity index (χ4v) is 2.85. The van der Waals surface area contributed by atoms with Crippen LogP contribution in [0.25, 0.3) is 0 Å². The molecule has 1 heterocycles. The monoisotopic (exact) mass is 337 g/mol. The van der Waals surface area contributed by atoms with Crippen LogP contribution in [0.15, 0.2) is 53.6 Å². The molecule has 2 aromatic carbocycles. The average Bonchev–Trinajstić information content (AvgIpc) is 3.18. The third kappa shape index (κ3) is 4.59. The summed E-state index contributed by atoms with van der Waals surface area (Å²) in [5.41, 5.74) is 5.23. The highest BCUT2D eigenvalue weighted by molar-refractivity contribution is 5.95. The maximum Gasteiger partial charge on any atom is 0.271 e. The molecule has 0 saturated carbocycles. The molecular formula is C20H23N3O2. The molecule has 2 aromatic rings. The summed E-state index contributed by atoms with van der Waals surface area (Å²) in [6, 6.07) is 15.2. The summed E-state index contributed by atoms with van der Waals surface area (Å²) in [6.07, 6.45) is 4.09. The first-order valence-corrected chi connectivity index (χ1v) is 8.67. The van der Waals surface area contributed by atoms with E-state index in [9.17, 15) is 4.79 Å². The first-order valence-electron chi connectivity index (χ1n) is 8.67. The zero-order valence-corrected chi connectivity index (χ0v) is 14.4. The van der Waals surface area contributed by atoms with E-state index in [0.29, 0.717) is 12.2 Å². The minimum absolute atomic E-state index is 0.213. The largest absolute Gasteiger partial charge is 0.494 e. The Morgan fingerprint density at radius 3 is 2.44 bits per heavy atom. The minimum atomic E-state index is -0.213. The summed E-state index contributed by atoms with van der Waals surface area (Å²) < 4.78 is 5.39. The van der Waals surface area contributed by atoms with Crippen LogP contribution in [0.1, 0.15) is 35.7 Å². The predicted octanol–water partition coefficient (Wildman–Crippen LogP) is 3.45. The predicted molar refractivity (Wildman–Crippen MR) is 101 cm³/mol. The van der Waals surface area contributed by atoms with Gasteiger partial charge in [-0.1, -0.05) is 0 Å². The van der Waals surface area contributed by atoms with Crippen molar-refractivity contribution in [3.63, 3.8) is 0 Å². The second kappa shape index (κ2) is 8.33. The van der Waals surface area contributed by atoms with Crippen LogP contribution in [0.2, 0.25) is 0 Å². The highest BCUT2D eigenvalue weighted by Gasteiger charge is 2.12. The number of anilines is 1. The number of hydrogen-bond acceptors (Lipinski definition) is 4. The lowest BCUT2D eigenvalue weighted by Gasteiger charge is -2.17. The quantitative estimate of drug-likeness (QED) is 0.649. The molecular weight excluding hydrogens is 314 g/mol. The molecule has 0 atom stereocenters. The number of rotatable bonds is 6. The van der Waals surface area contributed by atoms with E-state index in [4.69, 9.17) is 4.74 Å². The van der Waals surface area contributed by atoms with E-state index in [1.54, 1.807) is 6.21 Å². The third-order valence-corrected chi connectivity index (χ3v) is 4.17. The second-order valence-electron chi connectivity index (χ2n) is 5.94. The van der Waals surface area contributed by atoms with Gasteiger partial charge in [0.15, 0.2) is 0 Å². The highest BCUT2D eigenvalue weighted by Crippen LogP contribution is 2.20. The second-order valence-corrected chi connectivity index (χ2v) is 5.94. The summed E-state index contributed by atoms with van der Waals surface area (Å²) in [4.78, 5) is 14.5. The lowest BCUT2D eigenvalue weighted by Crippen LogP contribution is -2.19. The van der Waals surface area contributed by atoms with Gasteiger partial charge in [0.2, 0.25) is 0 Å². The van der Waals surface area contributed by atoms with Crippen molar-refractivity contribution in [1.82, 2.24) is 5.43 Å². The number of nitrogens with zero attached hydrogens (tertiary/aromatic N) is 2. The van der Waals surface area contributed by atoms with E-state index < -0.39 is 0 Å². The van der Waals surface area contributed by atoms with Gasteiger partial charge in [-0.2, -0.15) is 5.10 Å². The zero-order valence-electron chi connectivity index (χ0n) is 14.4. The Bertz CT molecular complexity index is 718. The standard InChI is InChI=1S/C20H23N3O2/c1-2-25-19-11-5-16(6-12-19)15-21-22-20(24)17-7-9-18(10-8-17)23-13-3-4-14-23/h5-12,15H,2-4,13-14H2,1H3,(H,22,24)/b21-15-. The molecule has 5 nitrogen and oxygen atoms in total. The smallest absolute Gasteiger partial charge is 0.271 e. The fraction of sp³-hybridized carbons (Fsp3) is 0.300. The average molecular weight is 337 g/mol. The summed E-state index contributed by atoms with van der Waals surface area (Å²) >= 11 is 0. The molecule has 3 rings (SSSR count). The fourth-order valence-electron chi connectivity index (χ4n) is 2.85. The zero-order chi connectivity index (χ0) is 17.5. The number of ether oxygens (including phenoxy) is 1. The van der Waals surface area contributed by atoms with Crippen molar-refractivity contribution in [2.24, 2.45) is 5.10 Å². The van der Waals surface area contributed by atoms with Gasteiger partial charge in [-0.25, -0.2) is 5.43 Å². The molecule has 25 heavy (non-hydrogen) atoms. The first-order chi connectivity index (χ1) is 12.3. The molecule has 0 aromatic heterocycles. The van der Waals surface area contributed by atoms with E-state index in [2.05, 4.69) is 15.4 Å². The Morgan fingerprint density at radius 2 is 1.80 bits per heavy atom. The van der Waals surface area contributed by atoms with Crippen LogP contribution >= 0.6 is 0 Å². The SMILES string of the molecule is CCOc1ccc(/C=N\NC(=O)c2ccc(N3CCCC3)cc2)cc1. The molecule has 1 saturated heterocycles. The molecule has 0 bridgehead atoms. The Labute approximate surface area is 148 Å². The van der Waals surface area contributed by atoms with Crippen molar-refractivity contribution in [2.75, 3.05) is 24.6 Å². The molecule has 1 fully saturated rings. The molecule has 1 aliphatic heterocycles. The Kier molecular flexibility index (Phi) is 5.67. The van der Waals surface area contributed by atoms with Crippen LogP contribution in [0.4, 0.5) is 5.69 Å². The summed E-state index contributed by atoms with van der Waals surface area (Å²) in [5.74, 6) is 0.608. The van der Waals surface area contributed by atoms with Gasteiger partial charge in [0.25, 0.3) is 5.91 Å². The summed E-state index contributed by atoms with van der Waals surface area (Å²) in [5, 5.41) is 4.02.